The van der Waals surface area contributed by atoms with Gasteiger partial charge in [0.1, 0.15) is 12.4 Å². The van der Waals surface area contributed by atoms with Crippen LogP contribution in [0.2, 0.25) is 0 Å². The molecule has 0 radical (unpaired) electrons. The van der Waals surface area contributed by atoms with Gasteiger partial charge in [-0.15, -0.1) is 0 Å². The lowest BCUT2D eigenvalue weighted by Gasteiger charge is -2.28. The average Bonchev–Trinajstić information content (AvgIpc) is 3.13. The largest absolute Gasteiger partial charge is 0.333 e. The molecule has 0 aliphatic carbocycles. The van der Waals surface area contributed by atoms with Crippen molar-refractivity contribution in [2.24, 2.45) is 5.10 Å². The minimum Gasteiger partial charge on any atom is -0.333 e. The molecule has 0 saturated carbocycles. The summed E-state index contributed by atoms with van der Waals surface area (Å²) in [5.74, 6) is -0.705. The zero-order valence-electron chi connectivity index (χ0n) is 18.6. The van der Waals surface area contributed by atoms with Crippen LogP contribution in [0.15, 0.2) is 53.6 Å². The van der Waals surface area contributed by atoms with E-state index in [0.717, 1.165) is 11.1 Å². The number of likely N-dealkylation sites (N-methyl/N-ethyl adjacent to an activating group) is 1. The van der Waals surface area contributed by atoms with Gasteiger partial charge in [-0.2, -0.15) is 5.10 Å². The molecule has 0 aromatic heterocycles. The van der Waals surface area contributed by atoms with Crippen LogP contribution in [0.3, 0.4) is 0 Å². The van der Waals surface area contributed by atoms with Crippen molar-refractivity contribution in [2.75, 3.05) is 13.6 Å². The van der Waals surface area contributed by atoms with E-state index in [-0.39, 0.29) is 30.3 Å². The molecule has 3 amide bonds. The number of nitrogens with one attached hydrogen (secondary N) is 1. The lowest BCUT2D eigenvalue weighted by atomic mass is 9.97. The first-order valence-corrected chi connectivity index (χ1v) is 10.3. The Morgan fingerprint density at radius 3 is 2.42 bits per heavy atom. The van der Waals surface area contributed by atoms with Gasteiger partial charge < -0.3 is 10.2 Å². The molecule has 1 aliphatic rings. The number of nitrogens with zero attached hydrogens (tertiary/aromatic N) is 3. The van der Waals surface area contributed by atoms with Crippen LogP contribution in [0, 0.1) is 12.7 Å². The van der Waals surface area contributed by atoms with E-state index >= 15 is 0 Å². The highest BCUT2D eigenvalue weighted by Gasteiger charge is 2.34. The van der Waals surface area contributed by atoms with Crippen molar-refractivity contribution in [2.45, 2.75) is 45.7 Å². The zero-order valence-corrected chi connectivity index (χ0v) is 18.6. The monoisotopic (exact) mass is 424 g/mol. The Morgan fingerprint density at radius 2 is 1.81 bits per heavy atom. The predicted octanol–water partition coefficient (Wildman–Crippen LogP) is 4.25. The van der Waals surface area contributed by atoms with E-state index in [9.17, 15) is 14.0 Å². The second-order valence-corrected chi connectivity index (χ2v) is 8.93. The lowest BCUT2D eigenvalue weighted by Crippen LogP contribution is -2.49. The van der Waals surface area contributed by atoms with Crippen LogP contribution in [0.25, 0.3) is 0 Å². The third-order valence-electron chi connectivity index (χ3n) is 5.01. The molecular weight excluding hydrogens is 395 g/mol. The van der Waals surface area contributed by atoms with Gasteiger partial charge in [0.2, 0.25) is 0 Å². The number of amides is 3. The smallest absolute Gasteiger partial charge is 0.318 e. The SMILES string of the molecule is Cc1ccc(C2CC(c3ccccc3F)=NN2C(=O)CN(C)C(=O)NC(C)(C)C)cc1. The Bertz CT molecular complexity index is 995. The molecule has 3 rings (SSSR count). The minimum absolute atomic E-state index is 0.141. The van der Waals surface area contributed by atoms with Gasteiger partial charge in [-0.05, 0) is 39.3 Å². The maximum Gasteiger partial charge on any atom is 0.318 e. The highest BCUT2D eigenvalue weighted by molar-refractivity contribution is 6.03. The quantitative estimate of drug-likeness (QED) is 0.797. The summed E-state index contributed by atoms with van der Waals surface area (Å²) in [5, 5.41) is 8.71. The van der Waals surface area contributed by atoms with Crippen molar-refractivity contribution in [3.63, 3.8) is 0 Å². The Morgan fingerprint density at radius 1 is 1.16 bits per heavy atom. The fraction of sp³-hybridized carbons (Fsp3) is 0.375. The Labute approximate surface area is 182 Å². The lowest BCUT2D eigenvalue weighted by molar-refractivity contribution is -0.133. The molecule has 1 aliphatic heterocycles. The van der Waals surface area contributed by atoms with E-state index in [0.29, 0.717) is 17.7 Å². The number of urea groups is 1. The van der Waals surface area contributed by atoms with Crippen molar-refractivity contribution in [3.05, 3.63) is 71.0 Å². The van der Waals surface area contributed by atoms with Crippen molar-refractivity contribution in [1.29, 1.82) is 0 Å². The van der Waals surface area contributed by atoms with Crippen LogP contribution in [-0.4, -0.2) is 46.7 Å². The van der Waals surface area contributed by atoms with Crippen LogP contribution in [0.1, 0.15) is 49.9 Å². The van der Waals surface area contributed by atoms with Gasteiger partial charge in [-0.3, -0.25) is 4.79 Å². The van der Waals surface area contributed by atoms with Gasteiger partial charge >= 0.3 is 6.03 Å². The molecule has 7 heteroatoms. The fourth-order valence-electron chi connectivity index (χ4n) is 3.41. The molecule has 6 nitrogen and oxygen atoms in total. The fourth-order valence-corrected chi connectivity index (χ4v) is 3.41. The van der Waals surface area contributed by atoms with E-state index in [1.54, 1.807) is 25.2 Å². The van der Waals surface area contributed by atoms with Gasteiger partial charge in [0.05, 0.1) is 11.8 Å². The molecule has 1 unspecified atom stereocenters. The maximum atomic E-state index is 14.4. The number of benzene rings is 2. The number of halogens is 1. The molecule has 1 atom stereocenters. The van der Waals surface area contributed by atoms with Crippen LogP contribution in [0.4, 0.5) is 9.18 Å². The van der Waals surface area contributed by atoms with Gasteiger partial charge in [0.15, 0.2) is 0 Å². The molecular formula is C24H29FN4O2. The summed E-state index contributed by atoms with van der Waals surface area (Å²) >= 11 is 0. The summed E-state index contributed by atoms with van der Waals surface area (Å²) in [5.41, 5.74) is 2.50. The topological polar surface area (TPSA) is 65.0 Å². The zero-order chi connectivity index (χ0) is 22.8. The summed E-state index contributed by atoms with van der Waals surface area (Å²) in [6, 6.07) is 13.6. The molecule has 2 aromatic rings. The molecule has 0 spiro atoms. The molecule has 2 aromatic carbocycles. The third kappa shape index (κ3) is 5.48. The summed E-state index contributed by atoms with van der Waals surface area (Å²) in [7, 11) is 1.57. The molecule has 31 heavy (non-hydrogen) atoms. The number of hydrogen-bond donors (Lipinski definition) is 1. The molecule has 1 N–H and O–H groups in total. The number of hydrogen-bond acceptors (Lipinski definition) is 3. The summed E-state index contributed by atoms with van der Waals surface area (Å²) in [6.45, 7) is 7.47. The Hall–Kier alpha value is -3.22. The van der Waals surface area contributed by atoms with E-state index in [2.05, 4.69) is 10.4 Å². The third-order valence-corrected chi connectivity index (χ3v) is 5.01. The number of rotatable bonds is 4. The Balaban J connectivity index is 1.86. The first-order valence-electron chi connectivity index (χ1n) is 10.3. The van der Waals surface area contributed by atoms with Crippen LogP contribution < -0.4 is 5.32 Å². The number of aryl methyl sites for hydroxylation is 1. The van der Waals surface area contributed by atoms with E-state index in [4.69, 9.17) is 0 Å². The minimum atomic E-state index is -0.414. The highest BCUT2D eigenvalue weighted by atomic mass is 19.1. The van der Waals surface area contributed by atoms with Gasteiger partial charge in [-0.1, -0.05) is 48.0 Å². The molecule has 1 heterocycles. The van der Waals surface area contributed by atoms with Crippen molar-refractivity contribution < 1.29 is 14.0 Å². The first-order chi connectivity index (χ1) is 14.5. The van der Waals surface area contributed by atoms with E-state index < -0.39 is 5.54 Å². The normalized spacial score (nSPS) is 16.1. The molecule has 0 bridgehead atoms. The van der Waals surface area contributed by atoms with Crippen LogP contribution in [-0.2, 0) is 4.79 Å². The molecule has 0 saturated heterocycles. The average molecular weight is 425 g/mol. The summed E-state index contributed by atoms with van der Waals surface area (Å²) < 4.78 is 14.4. The first kappa shape index (κ1) is 22.5. The Kier molecular flexibility index (Phi) is 6.43. The van der Waals surface area contributed by atoms with E-state index in [1.807, 2.05) is 52.0 Å². The standard InChI is InChI=1S/C24H29FN4O2/c1-16-10-12-17(13-11-16)21-14-20(18-8-6-7-9-19(18)25)27-29(21)22(30)15-28(5)23(31)26-24(2,3)4/h6-13,21H,14-15H2,1-5H3,(H,26,31). The number of carbonyl (C=O) groups is 2. The predicted molar refractivity (Wildman–Crippen MR) is 119 cm³/mol. The highest BCUT2D eigenvalue weighted by Crippen LogP contribution is 2.33. The van der Waals surface area contributed by atoms with Gasteiger partial charge in [0, 0.05) is 24.6 Å². The summed E-state index contributed by atoms with van der Waals surface area (Å²) in [4.78, 5) is 26.9. The second kappa shape index (κ2) is 8.88. The summed E-state index contributed by atoms with van der Waals surface area (Å²) in [6.07, 6.45) is 0.396. The van der Waals surface area contributed by atoms with Gasteiger partial charge in [0.25, 0.3) is 5.91 Å². The number of hydrazone groups is 1. The maximum absolute atomic E-state index is 14.4. The van der Waals surface area contributed by atoms with Gasteiger partial charge in [-0.25, -0.2) is 14.2 Å². The second-order valence-electron chi connectivity index (χ2n) is 8.93. The van der Waals surface area contributed by atoms with E-state index in [1.165, 1.54) is 16.0 Å². The van der Waals surface area contributed by atoms with Crippen LogP contribution in [0.5, 0.6) is 0 Å². The van der Waals surface area contributed by atoms with Crippen molar-refractivity contribution in [3.8, 4) is 0 Å². The molecule has 0 fully saturated rings. The molecule has 164 valence electrons. The number of carbonyl (C=O) groups excluding carboxylic acids is 2. The van der Waals surface area contributed by atoms with Crippen molar-refractivity contribution >= 4 is 17.6 Å². The van der Waals surface area contributed by atoms with Crippen LogP contribution >= 0.6 is 0 Å². The van der Waals surface area contributed by atoms with Crippen molar-refractivity contribution in [1.82, 2.24) is 15.2 Å².